The second-order valence-electron chi connectivity index (χ2n) is 3.25. The van der Waals surface area contributed by atoms with Gasteiger partial charge >= 0.3 is 12.1 Å². The van der Waals surface area contributed by atoms with E-state index in [4.69, 9.17) is 10.5 Å². The number of carbonyl (C=O) groups excluding carboxylic acids is 2. The SMILES string of the molecule is CC(C)OC(=O)OO.O=C(OO)c1ccccc1. The fourth-order valence-corrected chi connectivity index (χ4v) is 0.841. The van der Waals surface area contributed by atoms with Gasteiger partial charge in [-0.1, -0.05) is 18.2 Å². The second kappa shape index (κ2) is 8.97. The lowest BCUT2D eigenvalue weighted by molar-refractivity contribution is -0.203. The summed E-state index contributed by atoms with van der Waals surface area (Å²) in [5.41, 5.74) is 0.338. The van der Waals surface area contributed by atoms with Crippen molar-refractivity contribution in [3.63, 3.8) is 0 Å². The van der Waals surface area contributed by atoms with Crippen molar-refractivity contribution in [2.45, 2.75) is 20.0 Å². The molecule has 0 aliphatic carbocycles. The zero-order valence-corrected chi connectivity index (χ0v) is 9.90. The first kappa shape index (κ1) is 15.9. The molecule has 0 saturated carbocycles. The normalized spacial score (nSPS) is 8.94. The van der Waals surface area contributed by atoms with Crippen molar-refractivity contribution < 1.29 is 34.6 Å². The summed E-state index contributed by atoms with van der Waals surface area (Å²) in [5, 5.41) is 15.5. The number of carbonyl (C=O) groups is 2. The predicted octanol–water partition coefficient (Wildman–Crippen LogP) is 2.34. The van der Waals surface area contributed by atoms with E-state index < -0.39 is 12.1 Å². The van der Waals surface area contributed by atoms with Gasteiger partial charge in [-0.3, -0.25) is 9.78 Å². The molecule has 1 aromatic rings. The van der Waals surface area contributed by atoms with Gasteiger partial charge in [0.15, 0.2) is 0 Å². The molecule has 0 atom stereocenters. The molecule has 0 amide bonds. The van der Waals surface area contributed by atoms with Gasteiger partial charge in [-0.15, -0.1) is 0 Å². The Kier molecular flexibility index (Phi) is 7.91. The quantitative estimate of drug-likeness (QED) is 0.476. The molecule has 0 saturated heterocycles. The third kappa shape index (κ3) is 7.20. The van der Waals surface area contributed by atoms with Crippen molar-refractivity contribution in [3.05, 3.63) is 35.9 Å². The van der Waals surface area contributed by atoms with E-state index in [0.717, 1.165) is 0 Å². The number of hydrogen-bond donors (Lipinski definition) is 2. The van der Waals surface area contributed by atoms with E-state index in [9.17, 15) is 9.59 Å². The molecule has 0 heterocycles. The lowest BCUT2D eigenvalue weighted by Crippen LogP contribution is -2.10. The summed E-state index contributed by atoms with van der Waals surface area (Å²) in [6.45, 7) is 3.30. The third-order valence-corrected chi connectivity index (χ3v) is 1.50. The Morgan fingerprint density at radius 2 is 1.61 bits per heavy atom. The maximum atomic E-state index is 10.5. The largest absolute Gasteiger partial charge is 0.540 e. The maximum Gasteiger partial charge on any atom is 0.540 e. The average Bonchev–Trinajstić information content (AvgIpc) is 2.38. The Morgan fingerprint density at radius 3 is 1.94 bits per heavy atom. The average molecular weight is 258 g/mol. The molecule has 0 fully saturated rings. The maximum absolute atomic E-state index is 10.5. The molecule has 7 nitrogen and oxygen atoms in total. The fourth-order valence-electron chi connectivity index (χ4n) is 0.841. The summed E-state index contributed by atoms with van der Waals surface area (Å²) in [4.78, 5) is 27.2. The van der Waals surface area contributed by atoms with Gasteiger partial charge in [0.2, 0.25) is 0 Å². The first-order valence-corrected chi connectivity index (χ1v) is 4.94. The summed E-state index contributed by atoms with van der Waals surface area (Å²) < 4.78 is 4.29. The molecule has 1 aromatic carbocycles. The smallest absolute Gasteiger partial charge is 0.430 e. The van der Waals surface area contributed by atoms with Gasteiger partial charge in [-0.05, 0) is 26.0 Å². The van der Waals surface area contributed by atoms with E-state index in [0.29, 0.717) is 5.56 Å². The molecule has 18 heavy (non-hydrogen) atoms. The summed E-state index contributed by atoms with van der Waals surface area (Å²) in [7, 11) is 0. The highest BCUT2D eigenvalue weighted by atomic mass is 17.1. The van der Waals surface area contributed by atoms with E-state index in [2.05, 4.69) is 14.5 Å². The van der Waals surface area contributed by atoms with Crippen molar-refractivity contribution in [1.82, 2.24) is 0 Å². The van der Waals surface area contributed by atoms with Gasteiger partial charge in [0.05, 0.1) is 11.7 Å². The lowest BCUT2D eigenvalue weighted by Gasteiger charge is -2.02. The first-order chi connectivity index (χ1) is 8.51. The van der Waals surface area contributed by atoms with Crippen LogP contribution in [-0.4, -0.2) is 28.7 Å². The van der Waals surface area contributed by atoms with Crippen LogP contribution in [0.25, 0.3) is 0 Å². The zero-order valence-electron chi connectivity index (χ0n) is 9.90. The Morgan fingerprint density at radius 1 is 1.06 bits per heavy atom. The van der Waals surface area contributed by atoms with Gasteiger partial charge < -0.3 is 4.74 Å². The van der Waals surface area contributed by atoms with Crippen LogP contribution in [0.1, 0.15) is 24.2 Å². The van der Waals surface area contributed by atoms with Crippen LogP contribution in [0.3, 0.4) is 0 Å². The van der Waals surface area contributed by atoms with E-state index in [-0.39, 0.29) is 6.10 Å². The van der Waals surface area contributed by atoms with Crippen LogP contribution in [0.5, 0.6) is 0 Å². The van der Waals surface area contributed by atoms with Crippen LogP contribution in [0, 0.1) is 0 Å². The monoisotopic (exact) mass is 258 g/mol. The molecule has 0 spiro atoms. The van der Waals surface area contributed by atoms with Crippen molar-refractivity contribution >= 4 is 12.1 Å². The molecule has 0 bridgehead atoms. The summed E-state index contributed by atoms with van der Waals surface area (Å²) in [6.07, 6.45) is -1.32. The predicted molar refractivity (Wildman–Crippen MR) is 59.8 cm³/mol. The zero-order chi connectivity index (χ0) is 14.0. The topological polar surface area (TPSA) is 102 Å². The summed E-state index contributed by atoms with van der Waals surface area (Å²) in [5.74, 6) is -0.736. The molecule has 0 radical (unpaired) electrons. The van der Waals surface area contributed by atoms with Crippen molar-refractivity contribution in [1.29, 1.82) is 0 Å². The standard InChI is InChI=1S/C7H6O3.C4H8O4/c8-7(10-9)6-4-2-1-3-5-6;1-3(2)7-4(5)8-6/h1-5,9H;3,6H,1-2H3. The van der Waals surface area contributed by atoms with E-state index in [1.54, 1.807) is 44.2 Å². The van der Waals surface area contributed by atoms with Crippen LogP contribution in [0.4, 0.5) is 4.79 Å². The van der Waals surface area contributed by atoms with Gasteiger partial charge in [0, 0.05) is 0 Å². The van der Waals surface area contributed by atoms with Crippen LogP contribution < -0.4 is 0 Å². The molecule has 0 aliphatic heterocycles. The van der Waals surface area contributed by atoms with E-state index in [1.165, 1.54) is 0 Å². The number of ether oxygens (including phenoxy) is 1. The molecule has 7 heteroatoms. The number of rotatable bonds is 2. The van der Waals surface area contributed by atoms with Crippen LogP contribution in [0.2, 0.25) is 0 Å². The Balaban J connectivity index is 0.000000331. The fraction of sp³-hybridized carbons (Fsp3) is 0.273. The van der Waals surface area contributed by atoms with Crippen LogP contribution >= 0.6 is 0 Å². The third-order valence-electron chi connectivity index (χ3n) is 1.50. The molecule has 1 rings (SSSR count). The Hall–Kier alpha value is -2.12. The highest BCUT2D eigenvalue weighted by molar-refractivity contribution is 5.88. The molecular weight excluding hydrogens is 244 g/mol. The number of benzene rings is 1. The Labute approximate surface area is 103 Å². The number of hydrogen-bond acceptors (Lipinski definition) is 7. The molecular formula is C11H14O7. The van der Waals surface area contributed by atoms with E-state index >= 15 is 0 Å². The molecule has 100 valence electrons. The van der Waals surface area contributed by atoms with Crippen molar-refractivity contribution in [3.8, 4) is 0 Å². The summed E-state index contributed by atoms with van der Waals surface area (Å²) in [6, 6.07) is 8.25. The van der Waals surface area contributed by atoms with Gasteiger partial charge in [0.1, 0.15) is 0 Å². The molecule has 0 aliphatic rings. The summed E-state index contributed by atoms with van der Waals surface area (Å²) >= 11 is 0. The molecule has 0 unspecified atom stereocenters. The van der Waals surface area contributed by atoms with Gasteiger partial charge in [0.25, 0.3) is 0 Å². The Bertz CT molecular complexity index is 361. The van der Waals surface area contributed by atoms with Crippen LogP contribution in [-0.2, 0) is 14.5 Å². The minimum absolute atomic E-state index is 0.255. The minimum atomic E-state index is -1.07. The van der Waals surface area contributed by atoms with Crippen molar-refractivity contribution in [2.24, 2.45) is 0 Å². The first-order valence-electron chi connectivity index (χ1n) is 4.94. The highest BCUT2D eigenvalue weighted by Crippen LogP contribution is 1.98. The molecule has 0 aromatic heterocycles. The highest BCUT2D eigenvalue weighted by Gasteiger charge is 2.03. The van der Waals surface area contributed by atoms with Gasteiger partial charge in [-0.2, -0.15) is 10.5 Å². The van der Waals surface area contributed by atoms with E-state index in [1.807, 2.05) is 0 Å². The second-order valence-corrected chi connectivity index (χ2v) is 3.25. The molecule has 2 N–H and O–H groups in total. The van der Waals surface area contributed by atoms with Crippen molar-refractivity contribution in [2.75, 3.05) is 0 Å². The van der Waals surface area contributed by atoms with Gasteiger partial charge in [-0.25, -0.2) is 9.59 Å². The van der Waals surface area contributed by atoms with Crippen LogP contribution in [0.15, 0.2) is 30.3 Å². The lowest BCUT2D eigenvalue weighted by atomic mass is 10.2. The minimum Gasteiger partial charge on any atom is -0.430 e.